The Hall–Kier alpha value is -3.80. The van der Waals surface area contributed by atoms with Crippen LogP contribution in [0.25, 0.3) is 32.9 Å². The summed E-state index contributed by atoms with van der Waals surface area (Å²) in [6, 6.07) is 24.6. The molecule has 0 radical (unpaired) electrons. The number of carbonyl (C=O) groups excluding carboxylic acids is 2. The van der Waals surface area contributed by atoms with Gasteiger partial charge in [-0.2, -0.15) is 0 Å². The Bertz CT molecular complexity index is 1620. The molecule has 0 unspecified atom stereocenters. The van der Waals surface area contributed by atoms with Crippen molar-refractivity contribution >= 4 is 62.5 Å². The van der Waals surface area contributed by atoms with Crippen LogP contribution in [0.1, 0.15) is 22.8 Å². The molecular formula is C28H21Cl2N3O2. The Morgan fingerprint density at radius 1 is 0.886 bits per heavy atom. The summed E-state index contributed by atoms with van der Waals surface area (Å²) in [5.74, 6) is -0.619. The molecule has 0 fully saturated rings. The minimum atomic E-state index is -0.486. The molecule has 5 rings (SSSR count). The van der Waals surface area contributed by atoms with Crippen molar-refractivity contribution in [2.75, 3.05) is 5.32 Å². The van der Waals surface area contributed by atoms with Gasteiger partial charge in [0.15, 0.2) is 0 Å². The summed E-state index contributed by atoms with van der Waals surface area (Å²) in [5, 5.41) is 5.64. The van der Waals surface area contributed by atoms with E-state index in [-0.39, 0.29) is 5.91 Å². The first-order valence-corrected chi connectivity index (χ1v) is 11.7. The van der Waals surface area contributed by atoms with E-state index in [4.69, 9.17) is 28.9 Å². The fourth-order valence-electron chi connectivity index (χ4n) is 4.58. The van der Waals surface area contributed by atoms with E-state index >= 15 is 0 Å². The van der Waals surface area contributed by atoms with Crippen LogP contribution in [0, 0.1) is 0 Å². The summed E-state index contributed by atoms with van der Waals surface area (Å²) in [7, 11) is 0. The van der Waals surface area contributed by atoms with Crippen LogP contribution in [-0.4, -0.2) is 16.4 Å². The number of fused-ring (bicyclic) bond motifs is 3. The Morgan fingerprint density at radius 3 is 2.31 bits per heavy atom. The molecule has 0 aliphatic heterocycles. The largest absolute Gasteiger partial charge is 0.366 e. The zero-order valence-corrected chi connectivity index (χ0v) is 20.3. The molecule has 1 aromatic heterocycles. The topological polar surface area (TPSA) is 77.1 Å². The maximum Gasteiger partial charge on any atom is 0.249 e. The van der Waals surface area contributed by atoms with Gasteiger partial charge in [0, 0.05) is 51.1 Å². The standard InChI is InChI=1S/C28H21Cl2N3O2/c1-16(34)32-19-6-2-5-17(13-19)15-33-24-10-3-7-21(28(31)35)27(24)20-12-11-18(14-25(20)33)26-22(29)8-4-9-23(26)30/h2-14H,15H2,1H3,(H2,31,35)(H,32,34). The normalized spacial score (nSPS) is 11.2. The molecule has 174 valence electrons. The number of hydrogen-bond donors (Lipinski definition) is 2. The van der Waals surface area contributed by atoms with Gasteiger partial charge in [0.1, 0.15) is 0 Å². The third kappa shape index (κ3) is 4.25. The average Bonchev–Trinajstić information content (AvgIpc) is 3.12. The van der Waals surface area contributed by atoms with E-state index in [1.54, 1.807) is 18.2 Å². The molecule has 3 N–H and O–H groups in total. The molecule has 0 aliphatic rings. The van der Waals surface area contributed by atoms with Gasteiger partial charge in [0.05, 0.1) is 11.0 Å². The van der Waals surface area contributed by atoms with Crippen LogP contribution in [0.15, 0.2) is 78.9 Å². The molecule has 0 atom stereocenters. The van der Waals surface area contributed by atoms with Crippen molar-refractivity contribution in [3.63, 3.8) is 0 Å². The fourth-order valence-corrected chi connectivity index (χ4v) is 5.20. The van der Waals surface area contributed by atoms with E-state index in [1.165, 1.54) is 6.92 Å². The zero-order chi connectivity index (χ0) is 24.7. The third-order valence-electron chi connectivity index (χ3n) is 6.00. The van der Waals surface area contributed by atoms with Crippen molar-refractivity contribution in [2.45, 2.75) is 13.5 Å². The van der Waals surface area contributed by atoms with E-state index in [1.807, 2.05) is 60.7 Å². The van der Waals surface area contributed by atoms with E-state index in [9.17, 15) is 9.59 Å². The molecule has 35 heavy (non-hydrogen) atoms. The molecule has 1 heterocycles. The molecule has 0 bridgehead atoms. The van der Waals surface area contributed by atoms with Crippen LogP contribution in [0.5, 0.6) is 0 Å². The lowest BCUT2D eigenvalue weighted by molar-refractivity contribution is -0.114. The lowest BCUT2D eigenvalue weighted by Crippen LogP contribution is -2.11. The van der Waals surface area contributed by atoms with Gasteiger partial charge < -0.3 is 15.6 Å². The number of hydrogen-bond acceptors (Lipinski definition) is 2. The summed E-state index contributed by atoms with van der Waals surface area (Å²) in [6.07, 6.45) is 0. The smallest absolute Gasteiger partial charge is 0.249 e. The van der Waals surface area contributed by atoms with Crippen molar-refractivity contribution in [2.24, 2.45) is 5.73 Å². The number of rotatable bonds is 5. The van der Waals surface area contributed by atoms with Crippen LogP contribution in [0.3, 0.4) is 0 Å². The highest BCUT2D eigenvalue weighted by molar-refractivity contribution is 6.39. The van der Waals surface area contributed by atoms with Gasteiger partial charge in [-0.25, -0.2) is 0 Å². The minimum Gasteiger partial charge on any atom is -0.366 e. The Labute approximate surface area is 212 Å². The van der Waals surface area contributed by atoms with E-state index < -0.39 is 5.91 Å². The van der Waals surface area contributed by atoms with Crippen LogP contribution in [0.2, 0.25) is 10.0 Å². The zero-order valence-electron chi connectivity index (χ0n) is 18.8. The first-order valence-electron chi connectivity index (χ1n) is 11.0. The van der Waals surface area contributed by atoms with Crippen molar-refractivity contribution in [3.05, 3.63) is 100 Å². The van der Waals surface area contributed by atoms with Gasteiger partial charge in [-0.15, -0.1) is 0 Å². The van der Waals surface area contributed by atoms with E-state index in [0.29, 0.717) is 22.2 Å². The van der Waals surface area contributed by atoms with E-state index in [0.717, 1.165) is 44.2 Å². The first-order chi connectivity index (χ1) is 16.8. The molecule has 2 amide bonds. The molecule has 5 nitrogen and oxygen atoms in total. The number of aromatic nitrogens is 1. The predicted molar refractivity (Wildman–Crippen MR) is 143 cm³/mol. The van der Waals surface area contributed by atoms with Crippen molar-refractivity contribution < 1.29 is 9.59 Å². The number of benzene rings is 4. The van der Waals surface area contributed by atoms with Crippen molar-refractivity contribution in [1.29, 1.82) is 0 Å². The molecule has 7 heteroatoms. The van der Waals surface area contributed by atoms with Gasteiger partial charge >= 0.3 is 0 Å². The summed E-state index contributed by atoms with van der Waals surface area (Å²) in [6.45, 7) is 1.99. The summed E-state index contributed by atoms with van der Waals surface area (Å²) in [5.41, 5.74) is 11.3. The van der Waals surface area contributed by atoms with Crippen LogP contribution < -0.4 is 11.1 Å². The monoisotopic (exact) mass is 501 g/mol. The molecule has 0 spiro atoms. The van der Waals surface area contributed by atoms with Gasteiger partial charge in [-0.3, -0.25) is 9.59 Å². The summed E-state index contributed by atoms with van der Waals surface area (Å²) < 4.78 is 2.14. The second kappa shape index (κ2) is 9.10. The molecule has 0 saturated heterocycles. The van der Waals surface area contributed by atoms with Crippen molar-refractivity contribution in [1.82, 2.24) is 4.57 Å². The molecule has 0 aliphatic carbocycles. The quantitative estimate of drug-likeness (QED) is 0.275. The maximum atomic E-state index is 12.3. The van der Waals surface area contributed by atoms with Gasteiger partial charge in [-0.05, 0) is 53.6 Å². The third-order valence-corrected chi connectivity index (χ3v) is 6.63. The predicted octanol–water partition coefficient (Wildman–Crippen LogP) is 6.87. The number of amides is 2. The van der Waals surface area contributed by atoms with Crippen LogP contribution in [-0.2, 0) is 11.3 Å². The SMILES string of the molecule is CC(=O)Nc1cccc(Cn2c3cc(-c4c(Cl)cccc4Cl)ccc3c3c(C(N)=O)cccc32)c1. The number of halogens is 2. The second-order valence-corrected chi connectivity index (χ2v) is 9.17. The molecular weight excluding hydrogens is 481 g/mol. The Morgan fingerprint density at radius 2 is 1.60 bits per heavy atom. The lowest BCUT2D eigenvalue weighted by Gasteiger charge is -2.12. The minimum absolute atomic E-state index is 0.133. The molecule has 4 aromatic carbocycles. The Balaban J connectivity index is 1.77. The highest BCUT2D eigenvalue weighted by Crippen LogP contribution is 2.39. The number of nitrogens with two attached hydrogens (primary N) is 1. The summed E-state index contributed by atoms with van der Waals surface area (Å²) in [4.78, 5) is 23.8. The van der Waals surface area contributed by atoms with Gasteiger partial charge in [-0.1, -0.05) is 59.6 Å². The molecule has 5 aromatic rings. The van der Waals surface area contributed by atoms with Gasteiger partial charge in [0.25, 0.3) is 0 Å². The maximum absolute atomic E-state index is 12.3. The lowest BCUT2D eigenvalue weighted by atomic mass is 10.0. The number of primary amides is 1. The number of nitrogens with zero attached hydrogens (tertiary/aromatic N) is 1. The number of anilines is 1. The highest BCUT2D eigenvalue weighted by Gasteiger charge is 2.18. The average molecular weight is 502 g/mol. The van der Waals surface area contributed by atoms with Crippen LogP contribution in [0.4, 0.5) is 5.69 Å². The van der Waals surface area contributed by atoms with Crippen molar-refractivity contribution in [3.8, 4) is 11.1 Å². The Kier molecular flexibility index (Phi) is 5.97. The highest BCUT2D eigenvalue weighted by atomic mass is 35.5. The van der Waals surface area contributed by atoms with Gasteiger partial charge in [0.2, 0.25) is 11.8 Å². The molecule has 0 saturated carbocycles. The van der Waals surface area contributed by atoms with Crippen LogP contribution >= 0.6 is 23.2 Å². The first kappa shape index (κ1) is 23.0. The number of carbonyl (C=O) groups is 2. The fraction of sp³-hybridized carbons (Fsp3) is 0.0714. The van der Waals surface area contributed by atoms with E-state index in [2.05, 4.69) is 9.88 Å². The summed E-state index contributed by atoms with van der Waals surface area (Å²) >= 11 is 13.0. The number of nitrogens with one attached hydrogen (secondary N) is 1. The second-order valence-electron chi connectivity index (χ2n) is 8.36.